The Kier molecular flexibility index (Phi) is 5.98. The molecule has 2 heterocycles. The molecule has 19 heavy (non-hydrogen) atoms. The molecule has 2 rings (SSSR count). The first-order valence-electron chi connectivity index (χ1n) is 6.65. The summed E-state index contributed by atoms with van der Waals surface area (Å²) in [4.78, 5) is 24.9. The third kappa shape index (κ3) is 3.54. The van der Waals surface area contributed by atoms with Crippen LogP contribution in [0, 0.1) is 0 Å². The van der Waals surface area contributed by atoms with Gasteiger partial charge in [0.2, 0.25) is 0 Å². The third-order valence-electron chi connectivity index (χ3n) is 3.03. The highest BCUT2D eigenvalue weighted by Crippen LogP contribution is 2.30. The van der Waals surface area contributed by atoms with E-state index in [2.05, 4.69) is 4.98 Å². The third-order valence-corrected chi connectivity index (χ3v) is 3.03. The van der Waals surface area contributed by atoms with Gasteiger partial charge in [-0.3, -0.25) is 14.3 Å². The van der Waals surface area contributed by atoms with Gasteiger partial charge in [-0.05, 0) is 6.42 Å². The zero-order valence-corrected chi connectivity index (χ0v) is 11.9. The van der Waals surface area contributed by atoms with Gasteiger partial charge in [0.15, 0.2) is 6.23 Å². The molecule has 0 radical (unpaired) electrons. The van der Waals surface area contributed by atoms with Gasteiger partial charge in [-0.25, -0.2) is 4.79 Å². The summed E-state index contributed by atoms with van der Waals surface area (Å²) in [5, 5.41) is 0. The first kappa shape index (κ1) is 15.7. The fourth-order valence-corrected chi connectivity index (χ4v) is 2.06. The second-order valence-electron chi connectivity index (χ2n) is 4.08. The Bertz CT molecular complexity index is 494. The van der Waals surface area contributed by atoms with Crippen molar-refractivity contribution in [2.24, 2.45) is 0 Å². The molecule has 0 saturated carbocycles. The number of hydrogen-bond donors (Lipinski definition) is 1. The second-order valence-corrected chi connectivity index (χ2v) is 4.08. The molecular weight excluding hydrogens is 248 g/mol. The SMILES string of the molecule is CC.CCC1CC(OC)C(n2ccc(=O)[nH]c2=O)O1. The topological polar surface area (TPSA) is 73.3 Å². The molecule has 0 spiro atoms. The van der Waals surface area contributed by atoms with E-state index in [1.54, 1.807) is 7.11 Å². The number of nitrogens with one attached hydrogen (secondary N) is 1. The minimum absolute atomic E-state index is 0.0868. The van der Waals surface area contributed by atoms with Gasteiger partial charge in [-0.2, -0.15) is 0 Å². The average Bonchev–Trinajstić information content (AvgIpc) is 2.84. The van der Waals surface area contributed by atoms with Crippen LogP contribution in [-0.2, 0) is 9.47 Å². The molecular formula is C13H22N2O4. The summed E-state index contributed by atoms with van der Waals surface area (Å²) < 4.78 is 12.4. The lowest BCUT2D eigenvalue weighted by atomic mass is 10.1. The van der Waals surface area contributed by atoms with E-state index in [-0.39, 0.29) is 12.2 Å². The van der Waals surface area contributed by atoms with Gasteiger partial charge in [-0.1, -0.05) is 20.8 Å². The molecule has 1 saturated heterocycles. The minimum atomic E-state index is -0.471. The van der Waals surface area contributed by atoms with Gasteiger partial charge in [0.05, 0.1) is 6.10 Å². The zero-order valence-electron chi connectivity index (χ0n) is 11.9. The van der Waals surface area contributed by atoms with Crippen LogP contribution in [0.4, 0.5) is 0 Å². The van der Waals surface area contributed by atoms with Crippen molar-refractivity contribution in [2.45, 2.75) is 52.0 Å². The highest BCUT2D eigenvalue weighted by atomic mass is 16.6. The summed E-state index contributed by atoms with van der Waals surface area (Å²) in [5.41, 5.74) is -0.883. The van der Waals surface area contributed by atoms with E-state index < -0.39 is 17.5 Å². The van der Waals surface area contributed by atoms with E-state index >= 15 is 0 Å². The van der Waals surface area contributed by atoms with Crippen LogP contribution in [0.15, 0.2) is 21.9 Å². The van der Waals surface area contributed by atoms with Gasteiger partial charge >= 0.3 is 5.69 Å². The number of ether oxygens (including phenoxy) is 2. The van der Waals surface area contributed by atoms with Gasteiger partial charge in [-0.15, -0.1) is 0 Å². The molecule has 0 aliphatic carbocycles. The molecule has 108 valence electrons. The van der Waals surface area contributed by atoms with Crippen LogP contribution in [0.1, 0.15) is 39.8 Å². The van der Waals surface area contributed by atoms with E-state index in [1.165, 1.54) is 16.8 Å². The molecule has 6 heteroatoms. The van der Waals surface area contributed by atoms with Crippen molar-refractivity contribution in [1.29, 1.82) is 0 Å². The summed E-state index contributed by atoms with van der Waals surface area (Å²) in [5.74, 6) is 0. The van der Waals surface area contributed by atoms with Crippen molar-refractivity contribution in [3.05, 3.63) is 33.1 Å². The number of H-pyrrole nitrogens is 1. The molecule has 1 fully saturated rings. The van der Waals surface area contributed by atoms with E-state index in [4.69, 9.17) is 9.47 Å². The van der Waals surface area contributed by atoms with Gasteiger partial charge in [0, 0.05) is 25.8 Å². The Balaban J connectivity index is 0.000000861. The summed E-state index contributed by atoms with van der Waals surface area (Å²) in [6.07, 6.45) is 2.52. The maximum Gasteiger partial charge on any atom is 0.330 e. The maximum absolute atomic E-state index is 11.7. The van der Waals surface area contributed by atoms with Crippen LogP contribution in [0.3, 0.4) is 0 Å². The van der Waals surface area contributed by atoms with E-state index in [1.807, 2.05) is 20.8 Å². The largest absolute Gasteiger partial charge is 0.377 e. The fraction of sp³-hybridized carbons (Fsp3) is 0.692. The quantitative estimate of drug-likeness (QED) is 0.897. The van der Waals surface area contributed by atoms with Crippen LogP contribution in [0.25, 0.3) is 0 Å². The second kappa shape index (κ2) is 7.25. The molecule has 1 aromatic rings. The number of nitrogens with zero attached hydrogens (tertiary/aromatic N) is 1. The molecule has 3 unspecified atom stereocenters. The van der Waals surface area contributed by atoms with E-state index in [0.29, 0.717) is 0 Å². The van der Waals surface area contributed by atoms with Crippen LogP contribution < -0.4 is 11.2 Å². The summed E-state index contributed by atoms with van der Waals surface area (Å²) >= 11 is 0. The molecule has 0 bridgehead atoms. The predicted molar refractivity (Wildman–Crippen MR) is 72.3 cm³/mol. The molecule has 1 aliphatic rings. The lowest BCUT2D eigenvalue weighted by molar-refractivity contribution is -0.0527. The average molecular weight is 270 g/mol. The van der Waals surface area contributed by atoms with E-state index in [0.717, 1.165) is 12.8 Å². The number of aromatic amines is 1. The molecule has 0 amide bonds. The van der Waals surface area contributed by atoms with Gasteiger partial charge < -0.3 is 9.47 Å². The lowest BCUT2D eigenvalue weighted by Gasteiger charge is -2.19. The van der Waals surface area contributed by atoms with Crippen molar-refractivity contribution in [2.75, 3.05) is 7.11 Å². The number of hydrogen-bond acceptors (Lipinski definition) is 4. The Labute approximate surface area is 112 Å². The van der Waals surface area contributed by atoms with Crippen molar-refractivity contribution in [1.82, 2.24) is 9.55 Å². The Morgan fingerprint density at radius 1 is 1.47 bits per heavy atom. The molecule has 1 aliphatic heterocycles. The van der Waals surface area contributed by atoms with Crippen LogP contribution in [0.5, 0.6) is 0 Å². The number of aromatic nitrogens is 2. The summed E-state index contributed by atoms with van der Waals surface area (Å²) in [6, 6.07) is 1.30. The molecule has 0 aromatic carbocycles. The van der Waals surface area contributed by atoms with E-state index in [9.17, 15) is 9.59 Å². The first-order valence-corrected chi connectivity index (χ1v) is 6.65. The number of rotatable bonds is 3. The normalized spacial score (nSPS) is 25.8. The molecule has 1 aromatic heterocycles. The van der Waals surface area contributed by atoms with Gasteiger partial charge in [0.25, 0.3) is 5.56 Å². The van der Waals surface area contributed by atoms with Crippen LogP contribution in [-0.4, -0.2) is 28.9 Å². The summed E-state index contributed by atoms with van der Waals surface area (Å²) in [6.45, 7) is 6.02. The lowest BCUT2D eigenvalue weighted by Crippen LogP contribution is -2.35. The smallest absolute Gasteiger partial charge is 0.330 e. The molecule has 3 atom stereocenters. The Morgan fingerprint density at radius 3 is 2.68 bits per heavy atom. The van der Waals surface area contributed by atoms with Crippen molar-refractivity contribution in [3.63, 3.8) is 0 Å². The van der Waals surface area contributed by atoms with Gasteiger partial charge in [0.1, 0.15) is 6.10 Å². The minimum Gasteiger partial charge on any atom is -0.377 e. The molecule has 1 N–H and O–H groups in total. The standard InChI is InChI=1S/C11H16N2O4.C2H6/c1-3-7-6-8(16-2)10(17-7)13-5-4-9(14)12-11(13)15;1-2/h4-5,7-8,10H,3,6H2,1-2H3,(H,12,14,15);1-2H3. The predicted octanol–water partition coefficient (Wildman–Crippen LogP) is 1.28. The Morgan fingerprint density at radius 2 is 2.16 bits per heavy atom. The maximum atomic E-state index is 11.7. The Hall–Kier alpha value is -1.40. The number of methoxy groups -OCH3 is 1. The van der Waals surface area contributed by atoms with Crippen LogP contribution in [0.2, 0.25) is 0 Å². The fourth-order valence-electron chi connectivity index (χ4n) is 2.06. The zero-order chi connectivity index (χ0) is 14.4. The molecule has 6 nitrogen and oxygen atoms in total. The van der Waals surface area contributed by atoms with Crippen LogP contribution >= 0.6 is 0 Å². The van der Waals surface area contributed by atoms with Crippen molar-refractivity contribution < 1.29 is 9.47 Å². The first-order chi connectivity index (χ1) is 9.15. The monoisotopic (exact) mass is 270 g/mol. The van der Waals surface area contributed by atoms with Crippen molar-refractivity contribution >= 4 is 0 Å². The highest BCUT2D eigenvalue weighted by Gasteiger charge is 2.36. The van der Waals surface area contributed by atoms with Crippen molar-refractivity contribution in [3.8, 4) is 0 Å². The highest BCUT2D eigenvalue weighted by molar-refractivity contribution is 4.89. The summed E-state index contributed by atoms with van der Waals surface area (Å²) in [7, 11) is 1.59.